The van der Waals surface area contributed by atoms with Gasteiger partial charge < -0.3 is 15.8 Å². The van der Waals surface area contributed by atoms with Crippen molar-refractivity contribution in [3.63, 3.8) is 0 Å². The largest absolute Gasteiger partial charge is 0.382 e. The summed E-state index contributed by atoms with van der Waals surface area (Å²) in [5, 5.41) is 3.57. The lowest BCUT2D eigenvalue weighted by atomic mass is 9.92. The van der Waals surface area contributed by atoms with Gasteiger partial charge in [0.05, 0.1) is 41.9 Å². The fourth-order valence-corrected chi connectivity index (χ4v) is 7.10. The van der Waals surface area contributed by atoms with Gasteiger partial charge in [0.15, 0.2) is 0 Å². The van der Waals surface area contributed by atoms with Crippen LogP contribution < -0.4 is 15.8 Å². The van der Waals surface area contributed by atoms with Crippen molar-refractivity contribution in [2.75, 3.05) is 23.7 Å². The molecule has 1 atom stereocenters. The van der Waals surface area contributed by atoms with Gasteiger partial charge in [-0.3, -0.25) is 9.12 Å². The van der Waals surface area contributed by atoms with E-state index in [4.69, 9.17) is 27.1 Å². The average Bonchev–Trinajstić information content (AvgIpc) is 3.35. The van der Waals surface area contributed by atoms with E-state index < -0.39 is 27.3 Å². The molecule has 9 nitrogen and oxygen atoms in total. The summed E-state index contributed by atoms with van der Waals surface area (Å²) in [6.45, 7) is 5.38. The maximum atomic E-state index is 15.7. The van der Waals surface area contributed by atoms with Gasteiger partial charge in [-0.25, -0.2) is 27.2 Å². The average molecular weight is 629 g/mol. The first-order valence-corrected chi connectivity index (χ1v) is 15.9. The van der Waals surface area contributed by atoms with Crippen molar-refractivity contribution >= 4 is 44.2 Å². The maximum Gasteiger partial charge on any atom is 0.263 e. The standard InChI is InChI=1S/C30H31ClF2N6O3S/c1-16(2)30-37-27(20-11-23(33)24(12-22(20)32)38-43(40,41)26-6-4-3-5-21(26)31)28-29(34)35-13-25(39(28)30)17-7-9-18(10-8-17)36-19-14-42-15-19/h3-7,11-13,16,18-19,36,38H,8-10,14-15H2,1-2H3,(H2,34,35). The number of ether oxygens (including phenoxy) is 1. The molecule has 0 radical (unpaired) electrons. The number of hydrogen-bond donors (Lipinski definition) is 3. The Morgan fingerprint density at radius 1 is 1.14 bits per heavy atom. The highest BCUT2D eigenvalue weighted by Gasteiger charge is 2.28. The summed E-state index contributed by atoms with van der Waals surface area (Å²) in [4.78, 5) is 8.90. The molecule has 1 aliphatic carbocycles. The van der Waals surface area contributed by atoms with Gasteiger partial charge in [-0.05, 0) is 43.0 Å². The van der Waals surface area contributed by atoms with Crippen LogP contribution in [-0.2, 0) is 14.8 Å². The third-order valence-electron chi connectivity index (χ3n) is 7.76. The minimum Gasteiger partial charge on any atom is -0.382 e. The number of imidazole rings is 1. The summed E-state index contributed by atoms with van der Waals surface area (Å²) in [6.07, 6.45) is 6.43. The van der Waals surface area contributed by atoms with Crippen LogP contribution in [0.3, 0.4) is 0 Å². The highest BCUT2D eigenvalue weighted by Crippen LogP contribution is 2.38. The van der Waals surface area contributed by atoms with Crippen molar-refractivity contribution in [3.05, 3.63) is 76.8 Å². The van der Waals surface area contributed by atoms with Crippen LogP contribution in [0.2, 0.25) is 5.02 Å². The van der Waals surface area contributed by atoms with Crippen LogP contribution in [0.15, 0.2) is 53.6 Å². The topological polar surface area (TPSA) is 124 Å². The van der Waals surface area contributed by atoms with Crippen LogP contribution in [0.1, 0.15) is 50.5 Å². The van der Waals surface area contributed by atoms with Gasteiger partial charge in [0.1, 0.15) is 39.4 Å². The zero-order chi connectivity index (χ0) is 30.5. The van der Waals surface area contributed by atoms with E-state index in [0.29, 0.717) is 23.4 Å². The Morgan fingerprint density at radius 2 is 1.91 bits per heavy atom. The molecule has 6 rings (SSSR count). The molecule has 0 spiro atoms. The van der Waals surface area contributed by atoms with E-state index in [1.807, 2.05) is 18.2 Å². The second kappa shape index (κ2) is 11.5. The molecule has 2 aromatic heterocycles. The molecule has 1 saturated heterocycles. The first-order valence-electron chi connectivity index (χ1n) is 14.0. The molecule has 13 heteroatoms. The van der Waals surface area contributed by atoms with Gasteiger partial charge in [-0.2, -0.15) is 0 Å². The predicted octanol–water partition coefficient (Wildman–Crippen LogP) is 5.76. The van der Waals surface area contributed by atoms with Crippen molar-refractivity contribution in [1.82, 2.24) is 19.7 Å². The molecule has 2 aromatic carbocycles. The molecule has 226 valence electrons. The SMILES string of the molecule is CC(C)c1nc(-c2cc(F)c(NS(=O)(=O)c3ccccc3Cl)cc2F)c2c(N)ncc(C3=CCC(NC4COC4)CC3)n12. The second-order valence-electron chi connectivity index (χ2n) is 11.1. The summed E-state index contributed by atoms with van der Waals surface area (Å²) in [6, 6.07) is 8.15. The lowest BCUT2D eigenvalue weighted by Gasteiger charge is -2.33. The quantitative estimate of drug-likeness (QED) is 0.227. The number of anilines is 2. The highest BCUT2D eigenvalue weighted by molar-refractivity contribution is 7.92. The van der Waals surface area contributed by atoms with E-state index in [0.717, 1.165) is 55.9 Å². The van der Waals surface area contributed by atoms with Crippen molar-refractivity contribution in [2.24, 2.45) is 0 Å². The molecule has 2 aliphatic rings. The molecule has 43 heavy (non-hydrogen) atoms. The Labute approximate surface area is 253 Å². The first-order chi connectivity index (χ1) is 20.5. The molecule has 4 aromatic rings. The lowest BCUT2D eigenvalue weighted by Crippen LogP contribution is -2.50. The molecule has 1 unspecified atom stereocenters. The van der Waals surface area contributed by atoms with Crippen molar-refractivity contribution < 1.29 is 21.9 Å². The fourth-order valence-electron chi connectivity index (χ4n) is 5.52. The van der Waals surface area contributed by atoms with Gasteiger partial charge in [-0.1, -0.05) is 43.7 Å². The molecule has 0 amide bonds. The number of rotatable bonds is 8. The van der Waals surface area contributed by atoms with Crippen LogP contribution >= 0.6 is 11.6 Å². The number of halogens is 3. The van der Waals surface area contributed by atoms with Gasteiger partial charge in [0.25, 0.3) is 10.0 Å². The van der Waals surface area contributed by atoms with E-state index in [9.17, 15) is 8.42 Å². The molecule has 4 N–H and O–H groups in total. The van der Waals surface area contributed by atoms with Gasteiger partial charge >= 0.3 is 0 Å². The van der Waals surface area contributed by atoms with Crippen LogP contribution in [0.5, 0.6) is 0 Å². The molecule has 1 aliphatic heterocycles. The summed E-state index contributed by atoms with van der Waals surface area (Å²) in [5.41, 5.74) is 7.96. The smallest absolute Gasteiger partial charge is 0.263 e. The molecule has 1 fully saturated rings. The van der Waals surface area contributed by atoms with Gasteiger partial charge in [-0.15, -0.1) is 0 Å². The number of nitrogens with zero attached hydrogens (tertiary/aromatic N) is 3. The molecule has 3 heterocycles. The van der Waals surface area contributed by atoms with E-state index in [1.165, 1.54) is 18.2 Å². The molecular formula is C30H31ClF2N6O3S. The first kappa shape index (κ1) is 29.5. The molecular weight excluding hydrogens is 598 g/mol. The summed E-state index contributed by atoms with van der Waals surface area (Å²) >= 11 is 6.03. The Hall–Kier alpha value is -3.58. The second-order valence-corrected chi connectivity index (χ2v) is 13.2. The number of sulfonamides is 1. The minimum absolute atomic E-state index is 0.0511. The Morgan fingerprint density at radius 3 is 2.56 bits per heavy atom. The van der Waals surface area contributed by atoms with Crippen molar-refractivity contribution in [3.8, 4) is 11.3 Å². The number of nitrogens with two attached hydrogens (primary N) is 1. The summed E-state index contributed by atoms with van der Waals surface area (Å²) < 4.78 is 66.1. The lowest BCUT2D eigenvalue weighted by molar-refractivity contribution is -0.0103. The number of allylic oxidation sites excluding steroid dienone is 1. The normalized spacial score (nSPS) is 17.7. The van der Waals surface area contributed by atoms with Crippen LogP contribution in [-0.4, -0.2) is 48.1 Å². The van der Waals surface area contributed by atoms with Crippen LogP contribution in [0.4, 0.5) is 20.3 Å². The van der Waals surface area contributed by atoms with Crippen molar-refractivity contribution in [1.29, 1.82) is 0 Å². The van der Waals surface area contributed by atoms with E-state index in [2.05, 4.69) is 21.1 Å². The zero-order valence-electron chi connectivity index (χ0n) is 23.6. The van der Waals surface area contributed by atoms with E-state index in [-0.39, 0.29) is 32.9 Å². The van der Waals surface area contributed by atoms with Crippen LogP contribution in [0.25, 0.3) is 22.3 Å². The summed E-state index contributed by atoms with van der Waals surface area (Å²) in [5.74, 6) is -1.24. The van der Waals surface area contributed by atoms with E-state index in [1.54, 1.807) is 12.3 Å². The number of nitrogen functional groups attached to an aromatic ring is 1. The molecule has 0 bridgehead atoms. The monoisotopic (exact) mass is 628 g/mol. The third-order valence-corrected chi connectivity index (χ3v) is 9.63. The van der Waals surface area contributed by atoms with Gasteiger partial charge in [0.2, 0.25) is 0 Å². The fraction of sp³-hybridized carbons (Fsp3) is 0.333. The Balaban J connectivity index is 1.39. The Kier molecular flexibility index (Phi) is 7.88. The van der Waals surface area contributed by atoms with Crippen LogP contribution in [0, 0.1) is 11.6 Å². The number of fused-ring (bicyclic) bond motifs is 1. The maximum absolute atomic E-state index is 15.7. The summed E-state index contributed by atoms with van der Waals surface area (Å²) in [7, 11) is -4.29. The Bertz CT molecular complexity index is 1860. The molecule has 0 saturated carbocycles. The number of nitrogens with one attached hydrogen (secondary N) is 2. The van der Waals surface area contributed by atoms with E-state index >= 15 is 8.78 Å². The number of hydrogen-bond acceptors (Lipinski definition) is 7. The third kappa shape index (κ3) is 5.60. The number of benzene rings is 2. The van der Waals surface area contributed by atoms with Crippen molar-refractivity contribution in [2.45, 2.75) is 56.0 Å². The highest BCUT2D eigenvalue weighted by atomic mass is 35.5. The zero-order valence-corrected chi connectivity index (χ0v) is 25.1. The predicted molar refractivity (Wildman–Crippen MR) is 162 cm³/mol. The minimum atomic E-state index is -4.29. The number of aromatic nitrogens is 3. The van der Waals surface area contributed by atoms with Gasteiger partial charge in [0, 0.05) is 23.6 Å².